The number of nitrogens with zero attached hydrogens (tertiary/aromatic N) is 1. The van der Waals surface area contributed by atoms with Crippen molar-refractivity contribution in [1.29, 1.82) is 0 Å². The molecule has 0 aromatic heterocycles. The minimum absolute atomic E-state index is 0.118. The molecule has 1 N–H and O–H groups in total. The Morgan fingerprint density at radius 1 is 1.15 bits per heavy atom. The Morgan fingerprint density at radius 3 is 2.46 bits per heavy atom. The molecule has 0 saturated carbocycles. The van der Waals surface area contributed by atoms with Crippen LogP contribution in [0.3, 0.4) is 0 Å². The highest BCUT2D eigenvalue weighted by molar-refractivity contribution is 7.80. The number of ketones is 1. The van der Waals surface area contributed by atoms with Gasteiger partial charge in [-0.1, -0.05) is 55.5 Å². The van der Waals surface area contributed by atoms with E-state index in [1.54, 1.807) is 30.3 Å². The first-order chi connectivity index (χ1) is 12.5. The number of thiocarbonyl (C=S) groups is 1. The SMILES string of the molecule is CCCN1C(=S)NC(c2ccccc2F)C(C(=O)c2ccccc2)=C1C. The molecule has 0 bridgehead atoms. The highest BCUT2D eigenvalue weighted by Crippen LogP contribution is 2.34. The monoisotopic (exact) mass is 368 g/mol. The minimum atomic E-state index is -0.607. The van der Waals surface area contributed by atoms with Crippen LogP contribution < -0.4 is 5.32 Å². The molecule has 0 amide bonds. The van der Waals surface area contributed by atoms with Crippen molar-refractivity contribution in [2.45, 2.75) is 26.3 Å². The molecule has 0 saturated heterocycles. The van der Waals surface area contributed by atoms with E-state index < -0.39 is 6.04 Å². The third-order valence-electron chi connectivity index (χ3n) is 4.54. The van der Waals surface area contributed by atoms with E-state index in [1.807, 2.05) is 30.0 Å². The van der Waals surface area contributed by atoms with Gasteiger partial charge in [0.1, 0.15) is 5.82 Å². The van der Waals surface area contributed by atoms with Crippen LogP contribution in [0.1, 0.15) is 42.2 Å². The van der Waals surface area contributed by atoms with E-state index >= 15 is 0 Å². The van der Waals surface area contributed by atoms with Crippen molar-refractivity contribution < 1.29 is 9.18 Å². The normalized spacial score (nSPS) is 17.3. The number of benzene rings is 2. The molecule has 0 fully saturated rings. The fraction of sp³-hybridized carbons (Fsp3) is 0.238. The molecule has 2 aromatic rings. The number of carbonyl (C=O) groups is 1. The van der Waals surface area contributed by atoms with E-state index in [4.69, 9.17) is 12.2 Å². The van der Waals surface area contributed by atoms with Crippen molar-refractivity contribution in [3.05, 3.63) is 82.8 Å². The zero-order valence-corrected chi connectivity index (χ0v) is 15.6. The summed E-state index contributed by atoms with van der Waals surface area (Å²) in [5.41, 5.74) is 2.31. The van der Waals surface area contributed by atoms with Gasteiger partial charge >= 0.3 is 0 Å². The zero-order valence-electron chi connectivity index (χ0n) is 14.8. The first kappa shape index (κ1) is 18.3. The molecule has 0 spiro atoms. The smallest absolute Gasteiger partial charge is 0.193 e. The third kappa shape index (κ3) is 3.40. The van der Waals surface area contributed by atoms with E-state index in [-0.39, 0.29) is 11.6 Å². The summed E-state index contributed by atoms with van der Waals surface area (Å²) in [6, 6.07) is 15.0. The van der Waals surface area contributed by atoms with Crippen LogP contribution in [0.5, 0.6) is 0 Å². The first-order valence-electron chi connectivity index (χ1n) is 8.67. The molecule has 26 heavy (non-hydrogen) atoms. The fourth-order valence-corrected chi connectivity index (χ4v) is 3.60. The van der Waals surface area contributed by atoms with Crippen molar-refractivity contribution in [2.24, 2.45) is 0 Å². The summed E-state index contributed by atoms with van der Waals surface area (Å²) >= 11 is 5.49. The Labute approximate surface area is 158 Å². The van der Waals surface area contributed by atoms with Crippen LogP contribution in [-0.2, 0) is 0 Å². The molecule has 2 aromatic carbocycles. The summed E-state index contributed by atoms with van der Waals surface area (Å²) in [6.07, 6.45) is 0.885. The van der Waals surface area contributed by atoms with Gasteiger partial charge in [0.2, 0.25) is 0 Å². The molecular formula is C21H21FN2OS. The number of carbonyl (C=O) groups excluding carboxylic acids is 1. The molecule has 1 atom stereocenters. The van der Waals surface area contributed by atoms with Gasteiger partial charge in [-0.05, 0) is 31.6 Å². The van der Waals surface area contributed by atoms with E-state index in [2.05, 4.69) is 12.2 Å². The van der Waals surface area contributed by atoms with Crippen LogP contribution in [0.15, 0.2) is 65.9 Å². The second-order valence-electron chi connectivity index (χ2n) is 6.25. The number of rotatable bonds is 5. The highest BCUT2D eigenvalue weighted by Gasteiger charge is 2.34. The van der Waals surface area contributed by atoms with Crippen LogP contribution >= 0.6 is 12.2 Å². The van der Waals surface area contributed by atoms with E-state index in [9.17, 15) is 9.18 Å². The number of allylic oxidation sites excluding steroid dienone is 1. The standard InChI is InChI=1S/C21H21FN2OS/c1-3-13-24-14(2)18(20(25)15-9-5-4-6-10-15)19(23-21(24)26)16-11-7-8-12-17(16)22/h4-12,19H,3,13H2,1-2H3,(H,23,26). The van der Waals surface area contributed by atoms with Gasteiger partial charge in [0.25, 0.3) is 0 Å². The molecular weight excluding hydrogens is 347 g/mol. The van der Waals surface area contributed by atoms with E-state index in [0.29, 0.717) is 28.4 Å². The summed E-state index contributed by atoms with van der Waals surface area (Å²) in [6.45, 7) is 4.64. The van der Waals surface area contributed by atoms with Gasteiger partial charge in [-0.15, -0.1) is 0 Å². The lowest BCUT2D eigenvalue weighted by Gasteiger charge is -2.38. The summed E-state index contributed by atoms with van der Waals surface area (Å²) in [7, 11) is 0. The quantitative estimate of drug-likeness (QED) is 0.616. The largest absolute Gasteiger partial charge is 0.351 e. The topological polar surface area (TPSA) is 32.3 Å². The molecule has 5 heteroatoms. The molecule has 3 nitrogen and oxygen atoms in total. The van der Waals surface area contributed by atoms with Gasteiger partial charge < -0.3 is 10.2 Å². The van der Waals surface area contributed by atoms with Gasteiger partial charge in [0.05, 0.1) is 6.04 Å². The average Bonchev–Trinajstić information content (AvgIpc) is 2.65. The van der Waals surface area contributed by atoms with Crippen LogP contribution in [0, 0.1) is 5.82 Å². The summed E-state index contributed by atoms with van der Waals surface area (Å²) in [4.78, 5) is 15.2. The van der Waals surface area contributed by atoms with Gasteiger partial charge in [-0.25, -0.2) is 4.39 Å². The maximum absolute atomic E-state index is 14.5. The number of hydrogen-bond donors (Lipinski definition) is 1. The average molecular weight is 368 g/mol. The number of halogens is 1. The second kappa shape index (κ2) is 7.79. The summed E-state index contributed by atoms with van der Waals surface area (Å²) in [5.74, 6) is -0.477. The zero-order chi connectivity index (χ0) is 18.7. The van der Waals surface area contributed by atoms with Crippen LogP contribution in [0.2, 0.25) is 0 Å². The van der Waals surface area contributed by atoms with Crippen LogP contribution in [0.4, 0.5) is 4.39 Å². The Balaban J connectivity index is 2.15. The molecule has 0 aliphatic carbocycles. The van der Waals surface area contributed by atoms with E-state index in [0.717, 1.165) is 12.1 Å². The van der Waals surface area contributed by atoms with E-state index in [1.165, 1.54) is 6.07 Å². The van der Waals surface area contributed by atoms with Crippen molar-refractivity contribution in [1.82, 2.24) is 10.2 Å². The molecule has 1 unspecified atom stereocenters. The number of hydrogen-bond acceptors (Lipinski definition) is 2. The molecule has 1 heterocycles. The van der Waals surface area contributed by atoms with Crippen LogP contribution in [-0.4, -0.2) is 22.3 Å². The Bertz CT molecular complexity index is 863. The summed E-state index contributed by atoms with van der Waals surface area (Å²) < 4.78 is 14.5. The predicted octanol–water partition coefficient (Wildman–Crippen LogP) is 4.62. The number of nitrogens with one attached hydrogen (secondary N) is 1. The molecule has 1 aliphatic heterocycles. The fourth-order valence-electron chi connectivity index (χ4n) is 3.26. The second-order valence-corrected chi connectivity index (χ2v) is 6.64. The molecule has 3 rings (SSSR count). The minimum Gasteiger partial charge on any atom is -0.351 e. The van der Waals surface area contributed by atoms with Gasteiger partial charge in [0.15, 0.2) is 10.9 Å². The number of Topliss-reactive ketones (excluding diaryl/α,β-unsaturated/α-hetero) is 1. The highest BCUT2D eigenvalue weighted by atomic mass is 32.1. The third-order valence-corrected chi connectivity index (χ3v) is 4.88. The van der Waals surface area contributed by atoms with Crippen molar-refractivity contribution in [3.8, 4) is 0 Å². The maximum atomic E-state index is 14.5. The lowest BCUT2D eigenvalue weighted by atomic mass is 9.89. The Hall–Kier alpha value is -2.53. The van der Waals surface area contributed by atoms with Crippen LogP contribution in [0.25, 0.3) is 0 Å². The van der Waals surface area contributed by atoms with Gasteiger partial charge in [-0.2, -0.15) is 0 Å². The Kier molecular flexibility index (Phi) is 5.47. The Morgan fingerprint density at radius 2 is 1.81 bits per heavy atom. The molecule has 0 radical (unpaired) electrons. The van der Waals surface area contributed by atoms with Gasteiger partial charge in [0, 0.05) is 28.9 Å². The maximum Gasteiger partial charge on any atom is 0.193 e. The molecule has 1 aliphatic rings. The molecule has 134 valence electrons. The van der Waals surface area contributed by atoms with Crippen molar-refractivity contribution in [2.75, 3.05) is 6.54 Å². The summed E-state index contributed by atoms with van der Waals surface area (Å²) in [5, 5.41) is 3.69. The lowest BCUT2D eigenvalue weighted by Crippen LogP contribution is -2.48. The first-order valence-corrected chi connectivity index (χ1v) is 9.08. The van der Waals surface area contributed by atoms with Crippen molar-refractivity contribution in [3.63, 3.8) is 0 Å². The van der Waals surface area contributed by atoms with Gasteiger partial charge in [-0.3, -0.25) is 4.79 Å². The predicted molar refractivity (Wildman–Crippen MR) is 105 cm³/mol. The van der Waals surface area contributed by atoms with Crippen molar-refractivity contribution >= 4 is 23.1 Å². The lowest BCUT2D eigenvalue weighted by molar-refractivity contribution is 0.102.